The van der Waals surface area contributed by atoms with Crippen LogP contribution in [-0.4, -0.2) is 22.4 Å². The molecule has 32 heavy (non-hydrogen) atoms. The van der Waals surface area contributed by atoms with Gasteiger partial charge >= 0.3 is 0 Å². The van der Waals surface area contributed by atoms with Crippen LogP contribution in [0.4, 0.5) is 0 Å². The fourth-order valence-corrected chi connectivity index (χ4v) is 9.19. The summed E-state index contributed by atoms with van der Waals surface area (Å²) in [5.41, 5.74) is 1.89. The average molecular weight is 443 g/mol. The molecule has 3 fully saturated rings. The highest BCUT2D eigenvalue weighted by molar-refractivity contribution is 5.28. The van der Waals surface area contributed by atoms with Crippen molar-refractivity contribution < 1.29 is 10.2 Å². The van der Waals surface area contributed by atoms with Crippen molar-refractivity contribution in [3.05, 3.63) is 23.8 Å². The summed E-state index contributed by atoms with van der Waals surface area (Å²) < 4.78 is 0. The van der Waals surface area contributed by atoms with Gasteiger partial charge in [0.25, 0.3) is 0 Å². The molecule has 4 rings (SSSR count). The van der Waals surface area contributed by atoms with Gasteiger partial charge in [0, 0.05) is 0 Å². The van der Waals surface area contributed by atoms with Gasteiger partial charge in [-0.05, 0) is 103 Å². The lowest BCUT2D eigenvalue weighted by atomic mass is 9.46. The maximum absolute atomic E-state index is 11.4. The number of hydrogen-bond acceptors (Lipinski definition) is 2. The monoisotopic (exact) mass is 442 g/mol. The molecule has 182 valence electrons. The van der Waals surface area contributed by atoms with E-state index in [9.17, 15) is 10.2 Å². The molecule has 3 saturated carbocycles. The Kier molecular flexibility index (Phi) is 6.80. The maximum Gasteiger partial charge on any atom is 0.0757 e. The second kappa shape index (κ2) is 8.88. The topological polar surface area (TPSA) is 40.5 Å². The third-order valence-corrected chi connectivity index (χ3v) is 11.0. The van der Waals surface area contributed by atoms with Crippen LogP contribution in [-0.2, 0) is 0 Å². The molecular formula is C30H50O2. The third kappa shape index (κ3) is 3.96. The molecule has 0 aromatic heterocycles. The van der Waals surface area contributed by atoms with Gasteiger partial charge in [0.05, 0.1) is 12.2 Å². The van der Waals surface area contributed by atoms with Crippen molar-refractivity contribution in [3.63, 3.8) is 0 Å². The first-order valence-corrected chi connectivity index (χ1v) is 13.7. The predicted molar refractivity (Wildman–Crippen MR) is 134 cm³/mol. The Morgan fingerprint density at radius 1 is 0.875 bits per heavy atom. The molecule has 2 nitrogen and oxygen atoms in total. The first kappa shape index (κ1) is 24.5. The molecule has 0 amide bonds. The van der Waals surface area contributed by atoms with E-state index in [2.05, 4.69) is 66.7 Å². The summed E-state index contributed by atoms with van der Waals surface area (Å²) in [6.45, 7) is 16.9. The van der Waals surface area contributed by atoms with Crippen molar-refractivity contribution in [2.75, 3.05) is 0 Å². The van der Waals surface area contributed by atoms with Gasteiger partial charge in [-0.25, -0.2) is 0 Å². The lowest BCUT2D eigenvalue weighted by molar-refractivity contribution is -0.0950. The van der Waals surface area contributed by atoms with Gasteiger partial charge in [0.1, 0.15) is 0 Å². The summed E-state index contributed by atoms with van der Waals surface area (Å²) in [6.07, 6.45) is 14.6. The first-order chi connectivity index (χ1) is 15.0. The largest absolute Gasteiger partial charge is 0.393 e. The number of aliphatic hydroxyl groups excluding tert-OH is 2. The van der Waals surface area contributed by atoms with Gasteiger partial charge in [0.2, 0.25) is 0 Å². The van der Waals surface area contributed by atoms with Crippen LogP contribution < -0.4 is 0 Å². The normalized spacial score (nSPS) is 45.2. The summed E-state index contributed by atoms with van der Waals surface area (Å²) in [7, 11) is 0. The van der Waals surface area contributed by atoms with Crippen LogP contribution in [0.15, 0.2) is 23.8 Å². The molecule has 0 spiro atoms. The molecule has 0 saturated heterocycles. The smallest absolute Gasteiger partial charge is 0.0757 e. The van der Waals surface area contributed by atoms with Crippen molar-refractivity contribution in [2.24, 2.45) is 58.2 Å². The van der Waals surface area contributed by atoms with Crippen LogP contribution in [0.3, 0.4) is 0 Å². The molecule has 0 aromatic carbocycles. The van der Waals surface area contributed by atoms with Gasteiger partial charge in [0.15, 0.2) is 0 Å². The Morgan fingerprint density at radius 3 is 2.22 bits per heavy atom. The highest BCUT2D eigenvalue weighted by atomic mass is 16.3. The predicted octanol–water partition coefficient (Wildman–Crippen LogP) is 7.02. The highest BCUT2D eigenvalue weighted by Gasteiger charge is 2.61. The number of allylic oxidation sites excluding steroid dienone is 2. The minimum absolute atomic E-state index is 0.190. The van der Waals surface area contributed by atoms with Crippen molar-refractivity contribution in [3.8, 4) is 0 Å². The zero-order valence-corrected chi connectivity index (χ0v) is 21.8. The van der Waals surface area contributed by atoms with Gasteiger partial charge in [-0.1, -0.05) is 72.3 Å². The summed E-state index contributed by atoms with van der Waals surface area (Å²) >= 11 is 0. The second-order valence-corrected chi connectivity index (χ2v) is 13.3. The molecule has 4 aliphatic rings. The Bertz CT molecular complexity index is 727. The highest BCUT2D eigenvalue weighted by Crippen LogP contribution is 2.67. The quantitative estimate of drug-likeness (QED) is 0.449. The number of rotatable bonds is 5. The number of aliphatic hydroxyl groups is 2. The molecule has 0 aromatic rings. The van der Waals surface area contributed by atoms with Crippen LogP contribution in [0.1, 0.15) is 93.4 Å². The lowest BCUT2D eigenvalue weighted by Crippen LogP contribution is -2.54. The standard InChI is InChI=1S/C30H50O2/c1-18(2)23(19(3)4)9-8-20(5)24-10-11-25-28-26(13-15-30(24,25)7)29(6)14-12-22(31)16-21(29)17-27(28)32/h8-9,17-20,22-28,31-32H,10-16H2,1-7H3/b9-8+/t20?,22-,24?,25?,26?,27-,28?,29-,30+/m0/s1. The van der Waals surface area contributed by atoms with Gasteiger partial charge in [-0.2, -0.15) is 0 Å². The zero-order valence-electron chi connectivity index (χ0n) is 21.8. The number of fused-ring (bicyclic) bond motifs is 5. The van der Waals surface area contributed by atoms with E-state index in [0.717, 1.165) is 25.2 Å². The summed E-state index contributed by atoms with van der Waals surface area (Å²) in [5.74, 6) is 4.98. The van der Waals surface area contributed by atoms with Crippen molar-refractivity contribution >= 4 is 0 Å². The van der Waals surface area contributed by atoms with E-state index in [1.54, 1.807) is 0 Å². The lowest BCUT2D eigenvalue weighted by Gasteiger charge is -2.59. The molecule has 9 atom stereocenters. The van der Waals surface area contributed by atoms with E-state index in [-0.39, 0.29) is 17.6 Å². The maximum atomic E-state index is 11.4. The molecule has 2 N–H and O–H groups in total. The van der Waals surface area contributed by atoms with Crippen molar-refractivity contribution in [1.82, 2.24) is 0 Å². The van der Waals surface area contributed by atoms with Gasteiger partial charge in [-0.15, -0.1) is 0 Å². The van der Waals surface area contributed by atoms with Crippen LogP contribution in [0.25, 0.3) is 0 Å². The molecular weight excluding hydrogens is 392 g/mol. The Morgan fingerprint density at radius 2 is 1.56 bits per heavy atom. The van der Waals surface area contributed by atoms with Gasteiger partial charge in [-0.3, -0.25) is 0 Å². The fraction of sp³-hybridized carbons (Fsp3) is 0.867. The average Bonchev–Trinajstić information content (AvgIpc) is 3.06. The molecule has 4 aliphatic carbocycles. The Balaban J connectivity index is 1.56. The summed E-state index contributed by atoms with van der Waals surface area (Å²) in [5, 5.41) is 21.6. The van der Waals surface area contributed by atoms with Crippen LogP contribution in [0.2, 0.25) is 0 Å². The summed E-state index contributed by atoms with van der Waals surface area (Å²) in [4.78, 5) is 0. The number of hydrogen-bond donors (Lipinski definition) is 2. The van der Waals surface area contributed by atoms with Crippen LogP contribution in [0, 0.1) is 58.2 Å². The first-order valence-electron chi connectivity index (χ1n) is 13.7. The molecule has 0 heterocycles. The molecule has 5 unspecified atom stereocenters. The van der Waals surface area contributed by atoms with E-state index >= 15 is 0 Å². The molecule has 2 heteroatoms. The molecule has 0 aliphatic heterocycles. The van der Waals surface area contributed by atoms with Crippen molar-refractivity contribution in [2.45, 2.75) is 106 Å². The summed E-state index contributed by atoms with van der Waals surface area (Å²) in [6, 6.07) is 0. The Labute approximate surface area is 198 Å². The third-order valence-electron chi connectivity index (χ3n) is 11.0. The van der Waals surface area contributed by atoms with E-state index in [1.165, 1.54) is 31.3 Å². The zero-order chi connectivity index (χ0) is 23.4. The second-order valence-electron chi connectivity index (χ2n) is 13.3. The van der Waals surface area contributed by atoms with E-state index in [0.29, 0.717) is 46.8 Å². The minimum atomic E-state index is -0.325. The SMILES string of the molecule is CC(C)C(/C=C/C(C)C1CCC2C3C(CC[C@]12C)[C@@]1(C)CC[C@H](O)CC1=C[C@@H]3O)C(C)C. The van der Waals surface area contributed by atoms with Crippen LogP contribution in [0.5, 0.6) is 0 Å². The molecule has 0 bridgehead atoms. The van der Waals surface area contributed by atoms with Crippen LogP contribution >= 0.6 is 0 Å². The van der Waals surface area contributed by atoms with E-state index < -0.39 is 0 Å². The van der Waals surface area contributed by atoms with Crippen molar-refractivity contribution in [1.29, 1.82) is 0 Å². The molecule has 0 radical (unpaired) electrons. The van der Waals surface area contributed by atoms with Gasteiger partial charge < -0.3 is 10.2 Å². The van der Waals surface area contributed by atoms with E-state index in [1.807, 2.05) is 0 Å². The van der Waals surface area contributed by atoms with E-state index in [4.69, 9.17) is 0 Å². The fourth-order valence-electron chi connectivity index (χ4n) is 9.19. The Hall–Kier alpha value is -0.600. The minimum Gasteiger partial charge on any atom is -0.393 e.